The number of aromatic nitrogens is 1. The van der Waals surface area contributed by atoms with E-state index < -0.39 is 5.95 Å². The molecular weight excluding hydrogens is 414 g/mol. The molecule has 3 aliphatic heterocycles. The van der Waals surface area contributed by atoms with Gasteiger partial charge in [0.1, 0.15) is 5.82 Å². The number of anilines is 2. The van der Waals surface area contributed by atoms with Gasteiger partial charge in [-0.1, -0.05) is 11.6 Å². The first-order chi connectivity index (χ1) is 13.9. The fourth-order valence-corrected chi connectivity index (χ4v) is 4.75. The summed E-state index contributed by atoms with van der Waals surface area (Å²) in [5.74, 6) is 0.195. The Kier molecular flexibility index (Phi) is 4.65. The maximum Gasteiger partial charge on any atom is 0.324 e. The largest absolute Gasteiger partial charge is 0.375 e. The Balaban J connectivity index is 1.24. The lowest BCUT2D eigenvalue weighted by Crippen LogP contribution is -2.74. The van der Waals surface area contributed by atoms with Crippen molar-refractivity contribution >= 4 is 43.7 Å². The number of urea groups is 1. The van der Waals surface area contributed by atoms with Crippen molar-refractivity contribution in [2.24, 2.45) is 5.41 Å². The third-order valence-corrected chi connectivity index (χ3v) is 6.51. The van der Waals surface area contributed by atoms with Crippen LogP contribution in [0.4, 0.5) is 20.7 Å². The molecule has 1 aromatic heterocycles. The summed E-state index contributed by atoms with van der Waals surface area (Å²) in [4.78, 5) is 22.9. The molecule has 0 bridgehead atoms. The smallest absolute Gasteiger partial charge is 0.324 e. The third-order valence-electron chi connectivity index (χ3n) is 5.84. The summed E-state index contributed by atoms with van der Waals surface area (Å²) in [5, 5.41) is 1.10. The molecule has 0 radical (unpaired) electrons. The summed E-state index contributed by atoms with van der Waals surface area (Å²) in [6.07, 6.45) is 0. The number of likely N-dealkylation sites (tertiary alicyclic amines) is 1. The summed E-state index contributed by atoms with van der Waals surface area (Å²) in [6, 6.07) is 9.10. The quantitative estimate of drug-likeness (QED) is 0.511. The summed E-state index contributed by atoms with van der Waals surface area (Å²) in [5.41, 5.74) is 1.88. The van der Waals surface area contributed by atoms with Gasteiger partial charge in [-0.05, 0) is 30.3 Å². The zero-order valence-corrected chi connectivity index (χ0v) is 17.7. The topological polar surface area (TPSA) is 48.9 Å². The number of hydrogen-bond acceptors (Lipinski definition) is 4. The van der Waals surface area contributed by atoms with E-state index in [-0.39, 0.29) is 11.4 Å². The van der Waals surface area contributed by atoms with Crippen molar-refractivity contribution in [2.45, 2.75) is 6.61 Å². The van der Waals surface area contributed by atoms with Crippen LogP contribution in [0.1, 0.15) is 5.56 Å². The molecule has 1 spiro atoms. The number of rotatable bonds is 1. The summed E-state index contributed by atoms with van der Waals surface area (Å²) >= 11 is 6.10. The molecule has 0 aliphatic carbocycles. The van der Waals surface area contributed by atoms with E-state index in [0.717, 1.165) is 24.3 Å². The number of nitrogens with zero attached hydrogens (tertiary/aromatic N) is 4. The highest BCUT2D eigenvalue weighted by atomic mass is 35.5. The molecule has 6 nitrogen and oxygen atoms in total. The molecule has 1 aromatic carbocycles. The van der Waals surface area contributed by atoms with Gasteiger partial charge < -0.3 is 14.5 Å². The van der Waals surface area contributed by atoms with Crippen LogP contribution < -0.4 is 15.1 Å². The van der Waals surface area contributed by atoms with Crippen LogP contribution in [0, 0.1) is 11.4 Å². The molecular formula is C20H21ClFN4O2P. The highest BCUT2D eigenvalue weighted by Gasteiger charge is 2.54. The standard InChI is InChI=1S/C20H21ClFN4O2P/c21-14-1-2-15-13(7-14)8-28-6-5-26(15)19(27)25-11-20(12-25)9-24(10-20)17-4-3-16(29)18(22)23-17/h1-4,7H,5-6,8-12,29H2. The molecule has 2 amide bonds. The molecule has 3 aliphatic rings. The van der Waals surface area contributed by atoms with E-state index in [9.17, 15) is 9.18 Å². The Hall–Kier alpha value is -1.95. The fourth-order valence-electron chi connectivity index (χ4n) is 4.40. The van der Waals surface area contributed by atoms with E-state index in [1.165, 1.54) is 0 Å². The van der Waals surface area contributed by atoms with E-state index >= 15 is 0 Å². The van der Waals surface area contributed by atoms with Gasteiger partial charge in [0.05, 0.1) is 25.4 Å². The maximum atomic E-state index is 13.7. The first kappa shape index (κ1) is 19.0. The SMILES string of the molecule is O=C(N1CC2(C1)CN(c1ccc(P)c(F)n1)C2)N1CCOCc2cc(Cl)ccc21. The molecule has 1 unspecified atom stereocenters. The van der Waals surface area contributed by atoms with Crippen molar-refractivity contribution in [3.63, 3.8) is 0 Å². The van der Waals surface area contributed by atoms with Crippen molar-refractivity contribution in [2.75, 3.05) is 49.1 Å². The minimum atomic E-state index is -0.457. The van der Waals surface area contributed by atoms with Crippen LogP contribution >= 0.6 is 20.8 Å². The first-order valence-corrected chi connectivity index (χ1v) is 10.5. The minimum absolute atomic E-state index is 0.000299. The number of amides is 2. The Morgan fingerprint density at radius 3 is 2.76 bits per heavy atom. The van der Waals surface area contributed by atoms with Crippen LogP contribution in [0.3, 0.4) is 0 Å². The molecule has 1 atom stereocenters. The molecule has 2 aromatic rings. The number of carbonyl (C=O) groups excluding carboxylic acids is 1. The molecule has 5 rings (SSSR count). The molecule has 29 heavy (non-hydrogen) atoms. The van der Waals surface area contributed by atoms with E-state index in [1.807, 2.05) is 23.1 Å². The number of pyridine rings is 1. The molecule has 4 heterocycles. The van der Waals surface area contributed by atoms with E-state index in [2.05, 4.69) is 19.1 Å². The average Bonchev–Trinajstić information content (AvgIpc) is 2.84. The monoisotopic (exact) mass is 434 g/mol. The normalized spacial score (nSPS) is 20.0. The first-order valence-electron chi connectivity index (χ1n) is 9.54. The lowest BCUT2D eigenvalue weighted by molar-refractivity contribution is 0.00933. The van der Waals surface area contributed by atoms with Gasteiger partial charge in [0.25, 0.3) is 0 Å². The van der Waals surface area contributed by atoms with Crippen LogP contribution in [-0.2, 0) is 11.3 Å². The van der Waals surface area contributed by atoms with Crippen molar-refractivity contribution in [3.8, 4) is 0 Å². The Bertz CT molecular complexity index is 977. The van der Waals surface area contributed by atoms with Crippen molar-refractivity contribution in [1.82, 2.24) is 9.88 Å². The average molecular weight is 435 g/mol. The van der Waals surface area contributed by atoms with E-state index in [0.29, 0.717) is 49.0 Å². The van der Waals surface area contributed by atoms with Crippen molar-refractivity contribution < 1.29 is 13.9 Å². The number of carbonyl (C=O) groups is 1. The van der Waals surface area contributed by atoms with Gasteiger partial charge >= 0.3 is 6.03 Å². The maximum absolute atomic E-state index is 13.7. The van der Waals surface area contributed by atoms with Gasteiger partial charge in [0.15, 0.2) is 0 Å². The number of fused-ring (bicyclic) bond motifs is 1. The summed E-state index contributed by atoms with van der Waals surface area (Å²) in [7, 11) is 2.34. The number of halogens is 2. The second-order valence-electron chi connectivity index (χ2n) is 8.02. The minimum Gasteiger partial charge on any atom is -0.375 e. The van der Waals surface area contributed by atoms with Crippen molar-refractivity contribution in [1.29, 1.82) is 0 Å². The highest BCUT2D eigenvalue weighted by molar-refractivity contribution is 7.27. The van der Waals surface area contributed by atoms with Crippen LogP contribution in [0.2, 0.25) is 5.02 Å². The number of hydrogen-bond donors (Lipinski definition) is 0. The summed E-state index contributed by atoms with van der Waals surface area (Å²) < 4.78 is 19.3. The second kappa shape index (κ2) is 7.08. The van der Waals surface area contributed by atoms with Crippen LogP contribution in [-0.4, -0.2) is 55.2 Å². The van der Waals surface area contributed by atoms with Crippen LogP contribution in [0.5, 0.6) is 0 Å². The molecule has 0 saturated carbocycles. The second-order valence-corrected chi connectivity index (χ2v) is 9.08. The van der Waals surface area contributed by atoms with E-state index in [1.54, 1.807) is 17.0 Å². The zero-order chi connectivity index (χ0) is 20.2. The van der Waals surface area contributed by atoms with Gasteiger partial charge in [-0.2, -0.15) is 4.39 Å². The predicted molar refractivity (Wildman–Crippen MR) is 114 cm³/mol. The Labute approximate surface area is 175 Å². The molecule has 2 fully saturated rings. The zero-order valence-electron chi connectivity index (χ0n) is 15.8. The van der Waals surface area contributed by atoms with Gasteiger partial charge in [-0.25, -0.2) is 9.78 Å². The Morgan fingerprint density at radius 2 is 2.00 bits per heavy atom. The third kappa shape index (κ3) is 3.35. The van der Waals surface area contributed by atoms with Gasteiger partial charge in [0, 0.05) is 47.5 Å². The number of ether oxygens (including phenoxy) is 1. The van der Waals surface area contributed by atoms with E-state index in [4.69, 9.17) is 16.3 Å². The number of benzene rings is 1. The lowest BCUT2D eigenvalue weighted by atomic mass is 9.73. The van der Waals surface area contributed by atoms with Crippen molar-refractivity contribution in [3.05, 3.63) is 46.9 Å². The van der Waals surface area contributed by atoms with Gasteiger partial charge in [0.2, 0.25) is 5.95 Å². The van der Waals surface area contributed by atoms with Crippen LogP contribution in [0.15, 0.2) is 30.3 Å². The Morgan fingerprint density at radius 1 is 1.21 bits per heavy atom. The highest BCUT2D eigenvalue weighted by Crippen LogP contribution is 2.42. The molecule has 9 heteroatoms. The molecule has 152 valence electrons. The summed E-state index contributed by atoms with van der Waals surface area (Å²) in [6.45, 7) is 4.45. The van der Waals surface area contributed by atoms with Crippen LogP contribution in [0.25, 0.3) is 0 Å². The predicted octanol–water partition coefficient (Wildman–Crippen LogP) is 2.65. The molecule has 0 N–H and O–H groups in total. The lowest BCUT2D eigenvalue weighted by Gasteiger charge is -2.60. The van der Waals surface area contributed by atoms with Gasteiger partial charge in [-0.15, -0.1) is 9.24 Å². The molecule has 2 saturated heterocycles. The fraction of sp³-hybridized carbons (Fsp3) is 0.400. The van der Waals surface area contributed by atoms with Gasteiger partial charge in [-0.3, -0.25) is 4.90 Å².